The monoisotopic (exact) mass is 351 g/mol. The maximum absolute atomic E-state index is 5.52. The average Bonchev–Trinajstić information content (AvgIpc) is 3.35. The highest BCUT2D eigenvalue weighted by molar-refractivity contribution is 5.47. The molecule has 26 heavy (non-hydrogen) atoms. The van der Waals surface area contributed by atoms with Gasteiger partial charge in [-0.25, -0.2) is 4.68 Å². The molecule has 0 radical (unpaired) electrons. The zero-order valence-corrected chi connectivity index (χ0v) is 14.1. The van der Waals surface area contributed by atoms with E-state index in [1.165, 1.54) is 0 Å². The van der Waals surface area contributed by atoms with E-state index in [0.29, 0.717) is 5.95 Å². The lowest BCUT2D eigenvalue weighted by atomic mass is 9.93. The van der Waals surface area contributed by atoms with E-state index in [4.69, 9.17) is 14.2 Å². The van der Waals surface area contributed by atoms with E-state index in [-0.39, 0.29) is 18.9 Å². The zero-order chi connectivity index (χ0) is 17.5. The minimum atomic E-state index is 0.00264. The number of rotatable bonds is 3. The van der Waals surface area contributed by atoms with Gasteiger partial charge in [0, 0.05) is 0 Å². The van der Waals surface area contributed by atoms with Crippen molar-refractivity contribution in [2.45, 2.75) is 18.5 Å². The first-order valence-corrected chi connectivity index (χ1v) is 8.40. The van der Waals surface area contributed by atoms with Crippen LogP contribution >= 0.6 is 0 Å². The first-order chi connectivity index (χ1) is 12.8. The fraction of sp³-hybridized carbons (Fsp3) is 0.278. The second-order valence-corrected chi connectivity index (χ2v) is 6.28. The van der Waals surface area contributed by atoms with Gasteiger partial charge in [-0.2, -0.15) is 0 Å². The fourth-order valence-electron chi connectivity index (χ4n) is 3.49. The SMILES string of the molecule is COc1ccc([C@@H]2C[C@H](c3ccc4c(c3)OCO4)n3nnnc3N2)cc1. The van der Waals surface area contributed by atoms with Gasteiger partial charge in [0.25, 0.3) is 0 Å². The van der Waals surface area contributed by atoms with Crippen molar-refractivity contribution in [3.05, 3.63) is 53.6 Å². The van der Waals surface area contributed by atoms with Gasteiger partial charge in [-0.1, -0.05) is 23.3 Å². The van der Waals surface area contributed by atoms with Gasteiger partial charge in [0.05, 0.1) is 19.2 Å². The second kappa shape index (κ2) is 5.91. The second-order valence-electron chi connectivity index (χ2n) is 6.28. The number of hydrogen-bond acceptors (Lipinski definition) is 7. The van der Waals surface area contributed by atoms with Gasteiger partial charge in [0.15, 0.2) is 11.5 Å². The molecule has 0 spiro atoms. The minimum Gasteiger partial charge on any atom is -0.497 e. The number of fused-ring (bicyclic) bond motifs is 2. The first kappa shape index (κ1) is 15.0. The third-order valence-electron chi connectivity index (χ3n) is 4.85. The maximum Gasteiger partial charge on any atom is 0.243 e. The van der Waals surface area contributed by atoms with Crippen molar-refractivity contribution in [3.63, 3.8) is 0 Å². The molecule has 1 N–H and O–H groups in total. The Morgan fingerprint density at radius 3 is 2.73 bits per heavy atom. The number of tetrazole rings is 1. The molecule has 0 amide bonds. The molecule has 5 rings (SSSR count). The number of nitrogens with zero attached hydrogens (tertiary/aromatic N) is 4. The Bertz CT molecular complexity index is 940. The molecule has 2 atom stereocenters. The number of hydrogen-bond donors (Lipinski definition) is 1. The molecule has 2 aliphatic heterocycles. The Morgan fingerprint density at radius 2 is 1.88 bits per heavy atom. The summed E-state index contributed by atoms with van der Waals surface area (Å²) in [5.41, 5.74) is 2.24. The molecule has 0 fully saturated rings. The van der Waals surface area contributed by atoms with Gasteiger partial charge >= 0.3 is 0 Å². The Balaban J connectivity index is 1.50. The fourth-order valence-corrected chi connectivity index (χ4v) is 3.49. The predicted octanol–water partition coefficient (Wildman–Crippen LogP) is 2.56. The minimum absolute atomic E-state index is 0.00264. The number of ether oxygens (including phenoxy) is 3. The predicted molar refractivity (Wildman–Crippen MR) is 92.5 cm³/mol. The van der Waals surface area contributed by atoms with Gasteiger partial charge in [0.1, 0.15) is 5.75 Å². The van der Waals surface area contributed by atoms with E-state index in [1.54, 1.807) is 7.11 Å². The van der Waals surface area contributed by atoms with E-state index in [2.05, 4.69) is 33.0 Å². The van der Waals surface area contributed by atoms with Gasteiger partial charge in [0.2, 0.25) is 12.7 Å². The summed E-state index contributed by atoms with van der Waals surface area (Å²) in [7, 11) is 1.66. The molecule has 2 aliphatic rings. The third-order valence-corrected chi connectivity index (χ3v) is 4.85. The molecular formula is C18H17N5O3. The van der Waals surface area contributed by atoms with Crippen molar-refractivity contribution in [2.24, 2.45) is 0 Å². The molecule has 0 aliphatic carbocycles. The summed E-state index contributed by atoms with van der Waals surface area (Å²) in [5, 5.41) is 15.5. The van der Waals surface area contributed by atoms with Gasteiger partial charge < -0.3 is 19.5 Å². The van der Waals surface area contributed by atoms with Crippen LogP contribution in [0.5, 0.6) is 17.2 Å². The Morgan fingerprint density at radius 1 is 1.08 bits per heavy atom. The van der Waals surface area contributed by atoms with Crippen molar-refractivity contribution in [1.82, 2.24) is 20.2 Å². The maximum atomic E-state index is 5.52. The molecule has 3 aromatic rings. The summed E-state index contributed by atoms with van der Waals surface area (Å²) in [6, 6.07) is 14.1. The summed E-state index contributed by atoms with van der Waals surface area (Å²) in [6.45, 7) is 0.260. The molecule has 0 unspecified atom stereocenters. The standard InChI is InChI=1S/C18H17N5O3/c1-24-13-5-2-11(3-6-13)14-9-15(23-18(19-14)20-21-22-23)12-4-7-16-17(8-12)26-10-25-16/h2-8,14-15H,9-10H2,1H3,(H,19,20,22)/t14-,15+/m0/s1. The van der Waals surface area contributed by atoms with E-state index in [1.807, 2.05) is 35.0 Å². The summed E-state index contributed by atoms with van der Waals surface area (Å²) in [6.07, 6.45) is 0.810. The van der Waals surface area contributed by atoms with Crippen LogP contribution in [0.4, 0.5) is 5.95 Å². The van der Waals surface area contributed by atoms with Crippen molar-refractivity contribution in [3.8, 4) is 17.2 Å². The molecule has 3 heterocycles. The molecule has 132 valence electrons. The smallest absolute Gasteiger partial charge is 0.243 e. The highest BCUT2D eigenvalue weighted by atomic mass is 16.7. The lowest BCUT2D eigenvalue weighted by Crippen LogP contribution is -2.28. The van der Waals surface area contributed by atoms with Crippen LogP contribution < -0.4 is 19.5 Å². The van der Waals surface area contributed by atoms with E-state index in [0.717, 1.165) is 34.8 Å². The topological polar surface area (TPSA) is 83.3 Å². The van der Waals surface area contributed by atoms with Gasteiger partial charge in [-0.05, 0) is 52.2 Å². The van der Waals surface area contributed by atoms with Gasteiger partial charge in [-0.15, -0.1) is 0 Å². The quantitative estimate of drug-likeness (QED) is 0.776. The first-order valence-electron chi connectivity index (χ1n) is 8.40. The largest absolute Gasteiger partial charge is 0.497 e. The van der Waals surface area contributed by atoms with Crippen LogP contribution in [0.25, 0.3) is 0 Å². The molecule has 0 saturated carbocycles. The molecule has 8 heteroatoms. The number of aromatic nitrogens is 4. The van der Waals surface area contributed by atoms with Crippen LogP contribution in [0.1, 0.15) is 29.6 Å². The molecule has 8 nitrogen and oxygen atoms in total. The molecule has 2 aromatic carbocycles. The van der Waals surface area contributed by atoms with Crippen LogP contribution in [-0.4, -0.2) is 34.1 Å². The number of nitrogens with one attached hydrogen (secondary N) is 1. The lowest BCUT2D eigenvalue weighted by molar-refractivity contribution is 0.174. The van der Waals surface area contributed by atoms with Gasteiger partial charge in [-0.3, -0.25) is 0 Å². The zero-order valence-electron chi connectivity index (χ0n) is 14.1. The van der Waals surface area contributed by atoms with Crippen LogP contribution in [0.3, 0.4) is 0 Å². The molecule has 1 aromatic heterocycles. The van der Waals surface area contributed by atoms with Crippen LogP contribution in [0, 0.1) is 0 Å². The van der Waals surface area contributed by atoms with Crippen LogP contribution in [0.2, 0.25) is 0 Å². The van der Waals surface area contributed by atoms with Crippen molar-refractivity contribution < 1.29 is 14.2 Å². The van der Waals surface area contributed by atoms with E-state index < -0.39 is 0 Å². The number of methoxy groups -OCH3 is 1. The average molecular weight is 351 g/mol. The number of anilines is 1. The Labute approximate surface area is 149 Å². The summed E-state index contributed by atoms with van der Waals surface area (Å²) >= 11 is 0. The summed E-state index contributed by atoms with van der Waals surface area (Å²) in [4.78, 5) is 0. The normalized spacial score (nSPS) is 20.3. The van der Waals surface area contributed by atoms with Crippen molar-refractivity contribution in [1.29, 1.82) is 0 Å². The molecule has 0 saturated heterocycles. The lowest BCUT2D eigenvalue weighted by Gasteiger charge is -2.31. The Hall–Kier alpha value is -3.29. The van der Waals surface area contributed by atoms with Crippen molar-refractivity contribution in [2.75, 3.05) is 19.2 Å². The molecule has 0 bridgehead atoms. The van der Waals surface area contributed by atoms with Crippen LogP contribution in [-0.2, 0) is 0 Å². The van der Waals surface area contributed by atoms with Crippen LogP contribution in [0.15, 0.2) is 42.5 Å². The highest BCUT2D eigenvalue weighted by Crippen LogP contribution is 2.41. The van der Waals surface area contributed by atoms with Crippen molar-refractivity contribution >= 4 is 5.95 Å². The Kier molecular flexibility index (Phi) is 3.41. The van der Waals surface area contributed by atoms with E-state index >= 15 is 0 Å². The molecular weight excluding hydrogens is 334 g/mol. The number of benzene rings is 2. The highest BCUT2D eigenvalue weighted by Gasteiger charge is 2.31. The summed E-state index contributed by atoms with van der Waals surface area (Å²) < 4.78 is 18.0. The summed E-state index contributed by atoms with van der Waals surface area (Å²) in [5.74, 6) is 3.02. The van der Waals surface area contributed by atoms with E-state index in [9.17, 15) is 0 Å². The third kappa shape index (κ3) is 2.42.